The topological polar surface area (TPSA) is 88.9 Å². The van der Waals surface area contributed by atoms with Crippen LogP contribution in [0.25, 0.3) is 0 Å². The smallest absolute Gasteiger partial charge is 0.278 e. The highest BCUT2D eigenvalue weighted by Crippen LogP contribution is 2.21. The molecule has 0 saturated carbocycles. The molecule has 150 valence electrons. The minimum atomic E-state index is -0.364. The maximum Gasteiger partial charge on any atom is 0.278 e. The summed E-state index contributed by atoms with van der Waals surface area (Å²) < 4.78 is 1.39. The van der Waals surface area contributed by atoms with Crippen LogP contribution in [0, 0.1) is 27.7 Å². The molecule has 0 saturated heterocycles. The average Bonchev–Trinajstić information content (AvgIpc) is 3.02. The van der Waals surface area contributed by atoms with Gasteiger partial charge >= 0.3 is 0 Å². The van der Waals surface area contributed by atoms with E-state index in [2.05, 4.69) is 20.9 Å². The largest absolute Gasteiger partial charge is 0.324 e. The number of aryl methyl sites for hydroxylation is 3. The predicted molar refractivity (Wildman–Crippen MR) is 113 cm³/mol. The van der Waals surface area contributed by atoms with E-state index in [0.717, 1.165) is 22.4 Å². The number of amides is 2. The predicted octanol–water partition coefficient (Wildman–Crippen LogP) is 4.06. The number of hydrogen-bond donors (Lipinski definition) is 2. The molecule has 0 unspecified atom stereocenters. The lowest BCUT2D eigenvalue weighted by Crippen LogP contribution is -2.21. The number of benzene rings is 2. The summed E-state index contributed by atoms with van der Waals surface area (Å²) in [6.45, 7) is 7.37. The molecule has 8 heteroatoms. The van der Waals surface area contributed by atoms with Gasteiger partial charge in [-0.05, 0) is 56.5 Å². The van der Waals surface area contributed by atoms with E-state index in [1.165, 1.54) is 4.68 Å². The van der Waals surface area contributed by atoms with Crippen LogP contribution in [0.2, 0.25) is 5.02 Å². The van der Waals surface area contributed by atoms with Gasteiger partial charge in [0.25, 0.3) is 5.91 Å². The molecular weight excluding hydrogens is 390 g/mol. The van der Waals surface area contributed by atoms with Crippen LogP contribution in [0.4, 0.5) is 11.4 Å². The Morgan fingerprint density at radius 1 is 1.00 bits per heavy atom. The number of carbonyl (C=O) groups is 2. The van der Waals surface area contributed by atoms with E-state index in [1.807, 2.05) is 45.0 Å². The summed E-state index contributed by atoms with van der Waals surface area (Å²) in [7, 11) is 0. The van der Waals surface area contributed by atoms with Crippen LogP contribution in [-0.2, 0) is 11.3 Å². The zero-order chi connectivity index (χ0) is 21.1. The van der Waals surface area contributed by atoms with E-state index in [-0.39, 0.29) is 24.1 Å². The molecule has 1 heterocycles. The number of rotatable bonds is 5. The molecule has 0 aliphatic carbocycles. The summed E-state index contributed by atoms with van der Waals surface area (Å²) in [6.07, 6.45) is 0. The zero-order valence-electron chi connectivity index (χ0n) is 16.7. The van der Waals surface area contributed by atoms with E-state index in [1.54, 1.807) is 19.1 Å². The van der Waals surface area contributed by atoms with Crippen molar-refractivity contribution in [1.82, 2.24) is 15.0 Å². The molecule has 0 bridgehead atoms. The molecule has 0 spiro atoms. The third-order valence-electron chi connectivity index (χ3n) is 4.67. The Morgan fingerprint density at radius 3 is 2.34 bits per heavy atom. The van der Waals surface area contributed by atoms with Gasteiger partial charge in [-0.3, -0.25) is 9.59 Å². The van der Waals surface area contributed by atoms with Crippen molar-refractivity contribution < 1.29 is 9.59 Å². The van der Waals surface area contributed by atoms with Gasteiger partial charge in [0.2, 0.25) is 5.91 Å². The monoisotopic (exact) mass is 411 g/mol. The Hall–Kier alpha value is -3.19. The van der Waals surface area contributed by atoms with E-state index in [4.69, 9.17) is 11.6 Å². The standard InChI is InChI=1S/C21H22ClN5O2/c1-12-8-9-16(10-17(12)22)23-18(28)11-27-15(4)20(25-26-27)21(29)24-19-13(2)6-5-7-14(19)3/h5-10H,11H2,1-4H3,(H,23,28)(H,24,29). The number of para-hydroxylation sites is 1. The molecular formula is C21H22ClN5O2. The minimum absolute atomic E-state index is 0.0685. The van der Waals surface area contributed by atoms with Crippen LogP contribution in [-0.4, -0.2) is 26.8 Å². The average molecular weight is 412 g/mol. The van der Waals surface area contributed by atoms with Crippen LogP contribution in [0.5, 0.6) is 0 Å². The van der Waals surface area contributed by atoms with Crippen LogP contribution in [0.15, 0.2) is 36.4 Å². The lowest BCUT2D eigenvalue weighted by molar-refractivity contribution is -0.117. The first-order chi connectivity index (χ1) is 13.8. The minimum Gasteiger partial charge on any atom is -0.324 e. The molecule has 0 atom stereocenters. The first-order valence-electron chi connectivity index (χ1n) is 9.10. The second kappa shape index (κ2) is 8.45. The Kier molecular flexibility index (Phi) is 5.98. The lowest BCUT2D eigenvalue weighted by Gasteiger charge is -2.11. The van der Waals surface area contributed by atoms with Crippen molar-refractivity contribution in [3.05, 3.63) is 69.5 Å². The van der Waals surface area contributed by atoms with Gasteiger partial charge in [-0.2, -0.15) is 0 Å². The molecule has 0 radical (unpaired) electrons. The quantitative estimate of drug-likeness (QED) is 0.662. The summed E-state index contributed by atoms with van der Waals surface area (Å²) >= 11 is 6.09. The van der Waals surface area contributed by atoms with Crippen molar-refractivity contribution in [3.63, 3.8) is 0 Å². The maximum atomic E-state index is 12.7. The summed E-state index contributed by atoms with van der Waals surface area (Å²) in [6, 6.07) is 11.1. The molecule has 7 nitrogen and oxygen atoms in total. The molecule has 2 aromatic carbocycles. The van der Waals surface area contributed by atoms with Gasteiger partial charge in [0.05, 0.1) is 5.69 Å². The number of aromatic nitrogens is 3. The number of nitrogens with zero attached hydrogens (tertiary/aromatic N) is 3. The van der Waals surface area contributed by atoms with Crippen LogP contribution < -0.4 is 10.6 Å². The Labute approximate surface area is 174 Å². The van der Waals surface area contributed by atoms with Gasteiger partial charge in [-0.25, -0.2) is 4.68 Å². The zero-order valence-corrected chi connectivity index (χ0v) is 17.5. The third-order valence-corrected chi connectivity index (χ3v) is 5.07. The van der Waals surface area contributed by atoms with Crippen LogP contribution >= 0.6 is 11.6 Å². The summed E-state index contributed by atoms with van der Waals surface area (Å²) in [4.78, 5) is 25.0. The third kappa shape index (κ3) is 4.63. The van der Waals surface area contributed by atoms with Crippen molar-refractivity contribution in [1.29, 1.82) is 0 Å². The first kappa shape index (κ1) is 20.5. The highest BCUT2D eigenvalue weighted by molar-refractivity contribution is 6.31. The fraction of sp³-hybridized carbons (Fsp3) is 0.238. The van der Waals surface area contributed by atoms with Gasteiger partial charge in [0, 0.05) is 16.4 Å². The summed E-state index contributed by atoms with van der Waals surface area (Å²) in [5.74, 6) is -0.656. The molecule has 0 aliphatic rings. The maximum absolute atomic E-state index is 12.7. The van der Waals surface area contributed by atoms with Gasteiger partial charge in [0.15, 0.2) is 5.69 Å². The molecule has 0 aliphatic heterocycles. The van der Waals surface area contributed by atoms with Crippen molar-refractivity contribution in [2.75, 3.05) is 10.6 Å². The van der Waals surface area contributed by atoms with Gasteiger partial charge < -0.3 is 10.6 Å². The fourth-order valence-electron chi connectivity index (χ4n) is 2.91. The van der Waals surface area contributed by atoms with E-state index in [0.29, 0.717) is 16.4 Å². The molecule has 0 fully saturated rings. The molecule has 2 N–H and O–H groups in total. The molecule has 3 aromatic rings. The Balaban J connectivity index is 1.70. The van der Waals surface area contributed by atoms with Gasteiger partial charge in [0.1, 0.15) is 6.54 Å². The van der Waals surface area contributed by atoms with Gasteiger partial charge in [-0.15, -0.1) is 5.10 Å². The van der Waals surface area contributed by atoms with Crippen LogP contribution in [0.1, 0.15) is 32.9 Å². The van der Waals surface area contributed by atoms with E-state index in [9.17, 15) is 9.59 Å². The molecule has 3 rings (SSSR count). The SMILES string of the molecule is Cc1ccc(NC(=O)Cn2nnc(C(=O)Nc3c(C)cccc3C)c2C)cc1Cl. The van der Waals surface area contributed by atoms with Crippen LogP contribution in [0.3, 0.4) is 0 Å². The number of anilines is 2. The summed E-state index contributed by atoms with van der Waals surface area (Å²) in [5, 5.41) is 14.1. The van der Waals surface area contributed by atoms with E-state index >= 15 is 0 Å². The Morgan fingerprint density at radius 2 is 1.69 bits per heavy atom. The van der Waals surface area contributed by atoms with Crippen molar-refractivity contribution in [2.45, 2.75) is 34.2 Å². The van der Waals surface area contributed by atoms with Gasteiger partial charge in [-0.1, -0.05) is 41.1 Å². The summed E-state index contributed by atoms with van der Waals surface area (Å²) in [5.41, 5.74) is 4.87. The van der Waals surface area contributed by atoms with Crippen molar-refractivity contribution >= 4 is 34.8 Å². The lowest BCUT2D eigenvalue weighted by atomic mass is 10.1. The normalized spacial score (nSPS) is 10.7. The fourth-order valence-corrected chi connectivity index (χ4v) is 3.09. The Bertz CT molecular complexity index is 1070. The van der Waals surface area contributed by atoms with Crippen molar-refractivity contribution in [2.24, 2.45) is 0 Å². The number of halogens is 1. The molecule has 29 heavy (non-hydrogen) atoms. The highest BCUT2D eigenvalue weighted by atomic mass is 35.5. The number of hydrogen-bond acceptors (Lipinski definition) is 4. The number of carbonyl (C=O) groups excluding carboxylic acids is 2. The van der Waals surface area contributed by atoms with Crippen molar-refractivity contribution in [3.8, 4) is 0 Å². The number of nitrogens with one attached hydrogen (secondary N) is 2. The second-order valence-corrected chi connectivity index (χ2v) is 7.32. The first-order valence-corrected chi connectivity index (χ1v) is 9.47. The van der Waals surface area contributed by atoms with E-state index < -0.39 is 0 Å². The highest BCUT2D eigenvalue weighted by Gasteiger charge is 2.19. The molecule has 1 aromatic heterocycles. The molecule has 2 amide bonds. The second-order valence-electron chi connectivity index (χ2n) is 6.91.